The largest absolute Gasteiger partial charge is 0.392 e. The maximum atomic E-state index is 13.1. The Morgan fingerprint density at radius 1 is 1.05 bits per heavy atom. The minimum absolute atomic E-state index is 0.0741. The zero-order chi connectivity index (χ0) is 14.9. The van der Waals surface area contributed by atoms with Gasteiger partial charge in [0.2, 0.25) is 0 Å². The van der Waals surface area contributed by atoms with Crippen LogP contribution >= 0.6 is 0 Å². The number of carbonyl (C=O) groups is 1. The van der Waals surface area contributed by atoms with E-state index in [1.165, 1.54) is 0 Å². The molecule has 2 atom stereocenters. The molecule has 2 rings (SSSR count). The van der Waals surface area contributed by atoms with E-state index in [1.807, 2.05) is 19.9 Å². The van der Waals surface area contributed by atoms with Crippen LogP contribution in [0.2, 0.25) is 0 Å². The standard InChI is InChI=1S/C16H19F3O/c1-10-7-11(2)9-12(8-10)15(20)13-5-3-4-6-14(13)16(17,18)19/h7-9,13-14H,3-6H2,1-2H3. The van der Waals surface area contributed by atoms with Crippen LogP contribution in [0.25, 0.3) is 0 Å². The lowest BCUT2D eigenvalue weighted by Crippen LogP contribution is -2.37. The number of carbonyl (C=O) groups excluding carboxylic acids is 1. The lowest BCUT2D eigenvalue weighted by atomic mass is 9.75. The molecule has 0 aromatic heterocycles. The van der Waals surface area contributed by atoms with Crippen LogP contribution in [0.4, 0.5) is 13.2 Å². The van der Waals surface area contributed by atoms with Crippen LogP contribution in [0.3, 0.4) is 0 Å². The first-order valence-corrected chi connectivity index (χ1v) is 6.98. The van der Waals surface area contributed by atoms with Crippen LogP contribution in [0.1, 0.15) is 47.2 Å². The number of benzene rings is 1. The van der Waals surface area contributed by atoms with Crippen LogP contribution in [-0.4, -0.2) is 12.0 Å². The Morgan fingerprint density at radius 3 is 2.15 bits per heavy atom. The van der Waals surface area contributed by atoms with Gasteiger partial charge in [-0.2, -0.15) is 13.2 Å². The molecule has 0 aliphatic heterocycles. The fraction of sp³-hybridized carbons (Fsp3) is 0.562. The van der Waals surface area contributed by atoms with Gasteiger partial charge in [-0.25, -0.2) is 0 Å². The Labute approximate surface area is 117 Å². The van der Waals surface area contributed by atoms with E-state index >= 15 is 0 Å². The summed E-state index contributed by atoms with van der Waals surface area (Å²) in [6, 6.07) is 5.30. The molecule has 110 valence electrons. The van der Waals surface area contributed by atoms with Gasteiger partial charge in [0, 0.05) is 11.5 Å². The van der Waals surface area contributed by atoms with Crippen LogP contribution < -0.4 is 0 Å². The number of rotatable bonds is 2. The maximum absolute atomic E-state index is 13.1. The first-order chi connectivity index (χ1) is 9.29. The number of hydrogen-bond acceptors (Lipinski definition) is 1. The molecule has 1 aliphatic rings. The predicted octanol–water partition coefficient (Wildman–Crippen LogP) is 4.85. The first-order valence-electron chi connectivity index (χ1n) is 6.98. The molecule has 4 heteroatoms. The third kappa shape index (κ3) is 3.22. The molecule has 0 saturated heterocycles. The maximum Gasteiger partial charge on any atom is 0.392 e. The summed E-state index contributed by atoms with van der Waals surface area (Å²) in [5.41, 5.74) is 2.24. The quantitative estimate of drug-likeness (QED) is 0.709. The van der Waals surface area contributed by atoms with Crippen molar-refractivity contribution in [2.24, 2.45) is 11.8 Å². The van der Waals surface area contributed by atoms with Crippen molar-refractivity contribution in [2.45, 2.75) is 45.7 Å². The summed E-state index contributed by atoms with van der Waals surface area (Å²) in [6.07, 6.45) is -2.60. The van der Waals surface area contributed by atoms with Crippen LogP contribution in [-0.2, 0) is 0 Å². The Hall–Kier alpha value is -1.32. The fourth-order valence-electron chi connectivity index (χ4n) is 3.17. The number of halogens is 3. The predicted molar refractivity (Wildman–Crippen MR) is 71.7 cm³/mol. The van der Waals surface area contributed by atoms with Gasteiger partial charge in [0.1, 0.15) is 0 Å². The first kappa shape index (κ1) is 15.1. The normalized spacial score (nSPS) is 23.6. The fourth-order valence-corrected chi connectivity index (χ4v) is 3.17. The highest BCUT2D eigenvalue weighted by Crippen LogP contribution is 2.42. The van der Waals surface area contributed by atoms with Crippen molar-refractivity contribution in [2.75, 3.05) is 0 Å². The minimum Gasteiger partial charge on any atom is -0.294 e. The second-order valence-electron chi connectivity index (χ2n) is 5.78. The van der Waals surface area contributed by atoms with Crippen molar-refractivity contribution >= 4 is 5.78 Å². The van der Waals surface area contributed by atoms with E-state index in [0.717, 1.165) is 11.1 Å². The lowest BCUT2D eigenvalue weighted by Gasteiger charge is -2.32. The molecule has 1 aromatic carbocycles. The summed E-state index contributed by atoms with van der Waals surface area (Å²) in [7, 11) is 0. The molecule has 0 spiro atoms. The van der Waals surface area contributed by atoms with Crippen LogP contribution in [0.15, 0.2) is 18.2 Å². The number of hydrogen-bond donors (Lipinski definition) is 0. The monoisotopic (exact) mass is 284 g/mol. The van der Waals surface area contributed by atoms with Gasteiger partial charge in [-0.1, -0.05) is 30.0 Å². The third-order valence-corrected chi connectivity index (χ3v) is 4.03. The number of aryl methyl sites for hydroxylation is 2. The van der Waals surface area contributed by atoms with Crippen molar-refractivity contribution in [1.29, 1.82) is 0 Å². The zero-order valence-electron chi connectivity index (χ0n) is 11.8. The van der Waals surface area contributed by atoms with Gasteiger partial charge in [-0.3, -0.25) is 4.79 Å². The molecule has 1 nitrogen and oxygen atoms in total. The molecule has 1 fully saturated rings. The highest BCUT2D eigenvalue weighted by molar-refractivity contribution is 5.98. The van der Waals surface area contributed by atoms with Gasteiger partial charge in [-0.15, -0.1) is 0 Å². The molecule has 0 heterocycles. The molecular formula is C16H19F3O. The van der Waals surface area contributed by atoms with E-state index in [-0.39, 0.29) is 12.2 Å². The van der Waals surface area contributed by atoms with Crippen LogP contribution in [0.5, 0.6) is 0 Å². The van der Waals surface area contributed by atoms with Gasteiger partial charge < -0.3 is 0 Å². The average molecular weight is 284 g/mol. The molecule has 0 N–H and O–H groups in total. The smallest absolute Gasteiger partial charge is 0.294 e. The summed E-state index contributed by atoms with van der Waals surface area (Å²) in [5.74, 6) is -2.74. The third-order valence-electron chi connectivity index (χ3n) is 4.03. The van der Waals surface area contributed by atoms with E-state index in [9.17, 15) is 18.0 Å². The summed E-state index contributed by atoms with van der Waals surface area (Å²) < 4.78 is 39.2. The minimum atomic E-state index is -4.28. The Bertz CT molecular complexity index is 485. The molecule has 0 radical (unpaired) electrons. The van der Waals surface area contributed by atoms with Gasteiger partial charge in [0.15, 0.2) is 5.78 Å². The van der Waals surface area contributed by atoms with Crippen molar-refractivity contribution < 1.29 is 18.0 Å². The van der Waals surface area contributed by atoms with E-state index in [4.69, 9.17) is 0 Å². The van der Waals surface area contributed by atoms with E-state index in [2.05, 4.69) is 0 Å². The highest BCUT2D eigenvalue weighted by atomic mass is 19.4. The summed E-state index contributed by atoms with van der Waals surface area (Å²) in [6.45, 7) is 3.71. The molecule has 0 bridgehead atoms. The van der Waals surface area contributed by atoms with E-state index < -0.39 is 18.0 Å². The lowest BCUT2D eigenvalue weighted by molar-refractivity contribution is -0.190. The Morgan fingerprint density at radius 2 is 1.60 bits per heavy atom. The molecule has 1 aliphatic carbocycles. The van der Waals surface area contributed by atoms with Crippen LogP contribution in [0, 0.1) is 25.7 Å². The number of ketones is 1. The topological polar surface area (TPSA) is 17.1 Å². The van der Waals surface area contributed by atoms with Crippen molar-refractivity contribution in [3.8, 4) is 0 Å². The SMILES string of the molecule is Cc1cc(C)cc(C(=O)C2CCCCC2C(F)(F)F)c1. The second-order valence-corrected chi connectivity index (χ2v) is 5.78. The van der Waals surface area contributed by atoms with Crippen molar-refractivity contribution in [3.05, 3.63) is 34.9 Å². The van der Waals surface area contributed by atoms with Gasteiger partial charge in [0.05, 0.1) is 5.92 Å². The van der Waals surface area contributed by atoms with E-state index in [1.54, 1.807) is 12.1 Å². The summed E-state index contributed by atoms with van der Waals surface area (Å²) in [5, 5.41) is 0. The molecule has 1 saturated carbocycles. The molecular weight excluding hydrogens is 265 g/mol. The number of alkyl halides is 3. The molecule has 0 amide bonds. The highest BCUT2D eigenvalue weighted by Gasteiger charge is 2.48. The van der Waals surface area contributed by atoms with Gasteiger partial charge >= 0.3 is 6.18 Å². The Balaban J connectivity index is 2.30. The van der Waals surface area contributed by atoms with Crippen molar-refractivity contribution in [1.82, 2.24) is 0 Å². The summed E-state index contributed by atoms with van der Waals surface area (Å²) in [4.78, 5) is 12.5. The van der Waals surface area contributed by atoms with Gasteiger partial charge in [-0.05, 0) is 38.8 Å². The zero-order valence-corrected chi connectivity index (χ0v) is 11.8. The van der Waals surface area contributed by atoms with Gasteiger partial charge in [0.25, 0.3) is 0 Å². The number of Topliss-reactive ketones (excluding diaryl/α,β-unsaturated/α-hetero) is 1. The molecule has 20 heavy (non-hydrogen) atoms. The van der Waals surface area contributed by atoms with Crippen molar-refractivity contribution in [3.63, 3.8) is 0 Å². The molecule has 1 aromatic rings. The van der Waals surface area contributed by atoms with E-state index in [0.29, 0.717) is 24.8 Å². The Kier molecular flexibility index (Phi) is 4.21. The summed E-state index contributed by atoms with van der Waals surface area (Å²) >= 11 is 0. The molecule has 2 unspecified atom stereocenters. The average Bonchev–Trinajstić information content (AvgIpc) is 2.35. The second kappa shape index (κ2) is 5.58.